The Labute approximate surface area is 192 Å². The lowest BCUT2D eigenvalue weighted by molar-refractivity contribution is -0.130. The van der Waals surface area contributed by atoms with Crippen LogP contribution in [0.2, 0.25) is 0 Å². The number of carbonyl (C=O) groups is 1. The number of carbonyl (C=O) groups excluding carboxylic acids is 1. The van der Waals surface area contributed by atoms with Crippen molar-refractivity contribution in [2.24, 2.45) is 0 Å². The second kappa shape index (κ2) is 7.89. The minimum Gasteiger partial charge on any atom is -0.399 e. The summed E-state index contributed by atoms with van der Waals surface area (Å²) in [4.78, 5) is 18.3. The maximum absolute atomic E-state index is 13.7. The number of fused-ring (bicyclic) bond motifs is 2. The molecule has 0 fully saturated rings. The van der Waals surface area contributed by atoms with E-state index in [2.05, 4.69) is 75.6 Å². The summed E-state index contributed by atoms with van der Waals surface area (Å²) in [6, 6.07) is 12.1. The molecule has 2 aliphatic rings. The van der Waals surface area contributed by atoms with Crippen LogP contribution in [0.4, 0.5) is 11.4 Å². The van der Waals surface area contributed by atoms with Gasteiger partial charge in [0.05, 0.1) is 12.1 Å². The van der Waals surface area contributed by atoms with Crippen molar-refractivity contribution < 1.29 is 4.79 Å². The summed E-state index contributed by atoms with van der Waals surface area (Å²) >= 11 is 0. The third kappa shape index (κ3) is 4.04. The van der Waals surface area contributed by atoms with Crippen molar-refractivity contribution in [1.29, 1.82) is 0 Å². The number of nitrogens with zero attached hydrogens (tertiary/aromatic N) is 2. The summed E-state index contributed by atoms with van der Waals surface area (Å²) < 4.78 is 0. The molecule has 5 heteroatoms. The van der Waals surface area contributed by atoms with E-state index in [-0.39, 0.29) is 28.7 Å². The topological polar surface area (TPSA) is 75.6 Å². The van der Waals surface area contributed by atoms with Gasteiger partial charge in [-0.25, -0.2) is 0 Å². The largest absolute Gasteiger partial charge is 0.399 e. The highest BCUT2D eigenvalue weighted by molar-refractivity contribution is 5.88. The van der Waals surface area contributed by atoms with Gasteiger partial charge < -0.3 is 11.5 Å². The Morgan fingerprint density at radius 2 is 1.16 bits per heavy atom. The van der Waals surface area contributed by atoms with Crippen molar-refractivity contribution in [3.8, 4) is 0 Å². The van der Waals surface area contributed by atoms with E-state index in [1.807, 2.05) is 12.1 Å². The van der Waals surface area contributed by atoms with Gasteiger partial charge in [-0.2, -0.15) is 0 Å². The van der Waals surface area contributed by atoms with E-state index in [0.29, 0.717) is 0 Å². The Hall–Kier alpha value is -2.37. The number of rotatable bonds is 4. The van der Waals surface area contributed by atoms with Crippen LogP contribution in [-0.2, 0) is 28.7 Å². The molecule has 4 rings (SSSR count). The summed E-state index contributed by atoms with van der Waals surface area (Å²) in [5.41, 5.74) is 18.8. The monoisotopic (exact) mass is 434 g/mol. The molecule has 2 unspecified atom stereocenters. The second-order valence-corrected chi connectivity index (χ2v) is 11.2. The van der Waals surface area contributed by atoms with E-state index >= 15 is 0 Å². The summed E-state index contributed by atoms with van der Waals surface area (Å²) in [6.45, 7) is 16.4. The van der Waals surface area contributed by atoms with Gasteiger partial charge in [-0.15, -0.1) is 0 Å². The molecule has 172 valence electrons. The number of hydrogen-bond donors (Lipinski definition) is 2. The average Bonchev–Trinajstić information content (AvgIpc) is 2.70. The molecule has 2 aromatic carbocycles. The van der Waals surface area contributed by atoms with Gasteiger partial charge in [0.1, 0.15) is 0 Å². The molecule has 0 amide bonds. The van der Waals surface area contributed by atoms with Crippen molar-refractivity contribution in [1.82, 2.24) is 9.80 Å². The van der Waals surface area contributed by atoms with Gasteiger partial charge in [-0.05, 0) is 60.4 Å². The minimum absolute atomic E-state index is 0.0252. The molecule has 5 nitrogen and oxygen atoms in total. The molecular formula is C27H38N4O. The Balaban J connectivity index is 1.54. The Bertz CT molecular complexity index is 960. The van der Waals surface area contributed by atoms with Crippen LogP contribution >= 0.6 is 0 Å². The van der Waals surface area contributed by atoms with Gasteiger partial charge in [0, 0.05) is 48.4 Å². The van der Waals surface area contributed by atoms with Gasteiger partial charge in [-0.1, -0.05) is 39.8 Å². The molecule has 2 heterocycles. The van der Waals surface area contributed by atoms with Crippen molar-refractivity contribution >= 4 is 17.2 Å². The van der Waals surface area contributed by atoms with Crippen molar-refractivity contribution in [3.63, 3.8) is 0 Å². The fourth-order valence-corrected chi connectivity index (χ4v) is 5.80. The van der Waals surface area contributed by atoms with Crippen molar-refractivity contribution in [2.75, 3.05) is 24.6 Å². The van der Waals surface area contributed by atoms with Crippen LogP contribution in [0.3, 0.4) is 0 Å². The van der Waals surface area contributed by atoms with Gasteiger partial charge in [0.15, 0.2) is 5.78 Å². The number of nitrogens with two attached hydrogens (primary N) is 2. The maximum atomic E-state index is 13.7. The van der Waals surface area contributed by atoms with Crippen LogP contribution in [-0.4, -0.2) is 40.8 Å². The van der Waals surface area contributed by atoms with E-state index in [1.54, 1.807) is 0 Å². The van der Waals surface area contributed by atoms with Crippen molar-refractivity contribution in [2.45, 2.75) is 77.5 Å². The molecule has 0 radical (unpaired) electrons. The summed E-state index contributed by atoms with van der Waals surface area (Å²) in [5, 5.41) is 0. The van der Waals surface area contributed by atoms with Crippen LogP contribution < -0.4 is 11.5 Å². The zero-order valence-corrected chi connectivity index (χ0v) is 20.4. The van der Waals surface area contributed by atoms with Gasteiger partial charge in [0.2, 0.25) is 0 Å². The molecule has 2 aromatic rings. The fourth-order valence-electron chi connectivity index (χ4n) is 5.80. The number of ketones is 1. The lowest BCUT2D eigenvalue weighted by Crippen LogP contribution is -2.55. The Morgan fingerprint density at radius 3 is 1.53 bits per heavy atom. The number of nitrogen functional groups attached to an aromatic ring is 2. The molecule has 0 saturated carbocycles. The normalized spacial score (nSPS) is 21.9. The number of anilines is 2. The predicted molar refractivity (Wildman–Crippen MR) is 133 cm³/mol. The maximum Gasteiger partial charge on any atom is 0.166 e. The van der Waals surface area contributed by atoms with E-state index in [1.165, 1.54) is 22.3 Å². The first-order valence-electron chi connectivity index (χ1n) is 11.7. The van der Waals surface area contributed by atoms with E-state index in [0.717, 1.165) is 37.6 Å². The molecule has 4 N–H and O–H groups in total. The summed E-state index contributed by atoms with van der Waals surface area (Å²) in [7, 11) is 0. The standard InChI is InChI=1S/C27H38N4O/c1-17(30-13-19-11-21(28)7-9-23(19)26(3,4)15-30)25(32)18(2)31-14-20-12-22(29)8-10-24(20)27(5,6)16-31/h7-12,17-18H,13-16,28-29H2,1-6H3. The lowest BCUT2D eigenvalue weighted by atomic mass is 9.77. The number of Topliss-reactive ketones (excluding diaryl/α,β-unsaturated/α-hetero) is 1. The zero-order chi connectivity index (χ0) is 23.4. The van der Waals surface area contributed by atoms with E-state index in [4.69, 9.17) is 11.5 Å². The molecule has 0 bridgehead atoms. The molecular weight excluding hydrogens is 396 g/mol. The van der Waals surface area contributed by atoms with Crippen molar-refractivity contribution in [3.05, 3.63) is 58.7 Å². The lowest BCUT2D eigenvalue weighted by Gasteiger charge is -2.45. The van der Waals surface area contributed by atoms with Crippen LogP contribution in [0, 0.1) is 0 Å². The Kier molecular flexibility index (Phi) is 5.62. The van der Waals surface area contributed by atoms with Crippen LogP contribution in [0.1, 0.15) is 63.8 Å². The second-order valence-electron chi connectivity index (χ2n) is 11.2. The van der Waals surface area contributed by atoms with Gasteiger partial charge in [0.25, 0.3) is 0 Å². The molecule has 2 aliphatic heterocycles. The zero-order valence-electron chi connectivity index (χ0n) is 20.4. The summed E-state index contributed by atoms with van der Waals surface area (Å²) in [6.07, 6.45) is 0. The van der Waals surface area contributed by atoms with Crippen LogP contribution in [0.5, 0.6) is 0 Å². The molecule has 0 saturated heterocycles. The quantitative estimate of drug-likeness (QED) is 0.709. The molecule has 0 aliphatic carbocycles. The highest BCUT2D eigenvalue weighted by Crippen LogP contribution is 2.37. The van der Waals surface area contributed by atoms with E-state index < -0.39 is 0 Å². The predicted octanol–water partition coefficient (Wildman–Crippen LogP) is 4.08. The van der Waals surface area contributed by atoms with Gasteiger partial charge in [-0.3, -0.25) is 14.6 Å². The number of benzene rings is 2. The van der Waals surface area contributed by atoms with Crippen LogP contribution in [0.15, 0.2) is 36.4 Å². The smallest absolute Gasteiger partial charge is 0.166 e. The molecule has 0 aromatic heterocycles. The molecule has 32 heavy (non-hydrogen) atoms. The third-order valence-corrected chi connectivity index (χ3v) is 7.58. The Morgan fingerprint density at radius 1 is 0.781 bits per heavy atom. The average molecular weight is 435 g/mol. The van der Waals surface area contributed by atoms with E-state index in [9.17, 15) is 4.79 Å². The highest BCUT2D eigenvalue weighted by atomic mass is 16.1. The SMILES string of the molecule is CC(C(=O)C(C)N1Cc2cc(N)ccc2C(C)(C)C1)N1Cc2cc(N)ccc2C(C)(C)C1. The van der Waals surface area contributed by atoms with Crippen LogP contribution in [0.25, 0.3) is 0 Å². The molecule has 0 spiro atoms. The fraction of sp³-hybridized carbons (Fsp3) is 0.519. The summed E-state index contributed by atoms with van der Waals surface area (Å²) in [5.74, 6) is 0.274. The highest BCUT2D eigenvalue weighted by Gasteiger charge is 2.40. The first-order valence-corrected chi connectivity index (χ1v) is 11.7. The minimum atomic E-state index is -0.163. The number of hydrogen-bond acceptors (Lipinski definition) is 5. The first-order chi connectivity index (χ1) is 14.9. The molecule has 2 atom stereocenters. The van der Waals surface area contributed by atoms with Gasteiger partial charge >= 0.3 is 0 Å². The third-order valence-electron chi connectivity index (χ3n) is 7.58. The first kappa shape index (κ1) is 22.8.